The second-order valence-electron chi connectivity index (χ2n) is 7.47. The van der Waals surface area contributed by atoms with Gasteiger partial charge in [0.1, 0.15) is 6.04 Å². The summed E-state index contributed by atoms with van der Waals surface area (Å²) < 4.78 is 27.6. The Morgan fingerprint density at radius 1 is 1.10 bits per heavy atom. The number of aryl methyl sites for hydroxylation is 2. The second kappa shape index (κ2) is 8.81. The predicted octanol–water partition coefficient (Wildman–Crippen LogP) is 3.12. The van der Waals surface area contributed by atoms with Gasteiger partial charge in [0.2, 0.25) is 15.9 Å². The highest BCUT2D eigenvalue weighted by molar-refractivity contribution is 7.89. The minimum Gasteiger partial charge on any atom is -0.326 e. The first-order chi connectivity index (χ1) is 13.8. The van der Waals surface area contributed by atoms with Crippen LogP contribution >= 0.6 is 0 Å². The van der Waals surface area contributed by atoms with Crippen molar-refractivity contribution in [1.82, 2.24) is 9.21 Å². The van der Waals surface area contributed by atoms with E-state index in [0.717, 1.165) is 16.7 Å². The Balaban J connectivity index is 1.84. The van der Waals surface area contributed by atoms with E-state index in [2.05, 4.69) is 5.92 Å². The lowest BCUT2D eigenvalue weighted by molar-refractivity contribution is -0.134. The summed E-state index contributed by atoms with van der Waals surface area (Å²) in [4.78, 5) is 15.1. The van der Waals surface area contributed by atoms with E-state index in [1.807, 2.05) is 38.1 Å². The number of amides is 1. The Labute approximate surface area is 173 Å². The lowest BCUT2D eigenvalue weighted by Gasteiger charge is -2.29. The van der Waals surface area contributed by atoms with Crippen LogP contribution in [0.4, 0.5) is 0 Å². The highest BCUT2D eigenvalue weighted by Gasteiger charge is 2.41. The predicted molar refractivity (Wildman–Crippen MR) is 114 cm³/mol. The van der Waals surface area contributed by atoms with Crippen molar-refractivity contribution in [3.8, 4) is 12.3 Å². The maximum atomic E-state index is 13.3. The Morgan fingerprint density at radius 2 is 1.69 bits per heavy atom. The monoisotopic (exact) mass is 410 g/mol. The molecule has 2 aromatic carbocycles. The molecule has 1 aliphatic heterocycles. The van der Waals surface area contributed by atoms with Crippen molar-refractivity contribution in [2.24, 2.45) is 0 Å². The van der Waals surface area contributed by atoms with E-state index < -0.39 is 16.1 Å². The van der Waals surface area contributed by atoms with Crippen LogP contribution in [0, 0.1) is 26.2 Å². The van der Waals surface area contributed by atoms with Crippen molar-refractivity contribution in [1.29, 1.82) is 0 Å². The minimum absolute atomic E-state index is 0.141. The van der Waals surface area contributed by atoms with Gasteiger partial charge in [0.15, 0.2) is 0 Å². The van der Waals surface area contributed by atoms with Crippen LogP contribution < -0.4 is 0 Å². The van der Waals surface area contributed by atoms with Crippen LogP contribution in [0.2, 0.25) is 0 Å². The molecule has 1 fully saturated rings. The fourth-order valence-corrected chi connectivity index (χ4v) is 5.22. The van der Waals surface area contributed by atoms with Gasteiger partial charge in [-0.25, -0.2) is 8.42 Å². The highest BCUT2D eigenvalue weighted by atomic mass is 32.2. The van der Waals surface area contributed by atoms with Gasteiger partial charge >= 0.3 is 0 Å². The van der Waals surface area contributed by atoms with Crippen LogP contribution in [-0.2, 0) is 21.4 Å². The molecule has 1 heterocycles. The normalized spacial score (nSPS) is 17.1. The number of carbonyl (C=O) groups is 1. The smallest absolute Gasteiger partial charge is 0.243 e. The summed E-state index contributed by atoms with van der Waals surface area (Å²) in [5.74, 6) is 2.29. The molecule has 1 amide bonds. The zero-order chi connectivity index (χ0) is 21.0. The molecule has 5 nitrogen and oxygen atoms in total. The maximum absolute atomic E-state index is 13.3. The molecule has 0 saturated carbocycles. The third-order valence-corrected chi connectivity index (χ3v) is 7.13. The molecular weight excluding hydrogens is 384 g/mol. The van der Waals surface area contributed by atoms with Crippen molar-refractivity contribution in [2.45, 2.75) is 44.2 Å². The van der Waals surface area contributed by atoms with Gasteiger partial charge in [0, 0.05) is 13.1 Å². The third-order valence-electron chi connectivity index (χ3n) is 5.20. The molecule has 1 aliphatic rings. The van der Waals surface area contributed by atoms with Gasteiger partial charge in [-0.2, -0.15) is 4.31 Å². The molecule has 0 aliphatic carbocycles. The van der Waals surface area contributed by atoms with Crippen LogP contribution in [0.25, 0.3) is 0 Å². The average Bonchev–Trinajstić information content (AvgIpc) is 3.20. The van der Waals surface area contributed by atoms with Gasteiger partial charge in [0.25, 0.3) is 0 Å². The molecule has 29 heavy (non-hydrogen) atoms. The number of hydrogen-bond donors (Lipinski definition) is 0. The minimum atomic E-state index is -3.74. The Bertz CT molecular complexity index is 1010. The van der Waals surface area contributed by atoms with Crippen LogP contribution in [0.3, 0.4) is 0 Å². The molecule has 6 heteroatoms. The highest BCUT2D eigenvalue weighted by Crippen LogP contribution is 2.28. The molecule has 1 atom stereocenters. The number of sulfonamides is 1. The van der Waals surface area contributed by atoms with E-state index in [1.54, 1.807) is 29.2 Å². The summed E-state index contributed by atoms with van der Waals surface area (Å²) >= 11 is 0. The quantitative estimate of drug-likeness (QED) is 0.688. The molecule has 0 bridgehead atoms. The van der Waals surface area contributed by atoms with Gasteiger partial charge in [-0.15, -0.1) is 6.42 Å². The third kappa shape index (κ3) is 4.69. The van der Waals surface area contributed by atoms with Crippen molar-refractivity contribution < 1.29 is 13.2 Å². The number of hydrogen-bond acceptors (Lipinski definition) is 3. The van der Waals surface area contributed by atoms with Gasteiger partial charge in [-0.3, -0.25) is 4.79 Å². The van der Waals surface area contributed by atoms with Crippen LogP contribution in [-0.4, -0.2) is 42.7 Å². The van der Waals surface area contributed by atoms with Crippen LogP contribution in [0.1, 0.15) is 29.5 Å². The summed E-state index contributed by atoms with van der Waals surface area (Å²) in [5, 5.41) is 0. The van der Waals surface area contributed by atoms with Crippen LogP contribution in [0.5, 0.6) is 0 Å². The summed E-state index contributed by atoms with van der Waals surface area (Å²) in [6, 6.07) is 13.9. The molecule has 152 valence electrons. The first-order valence-electron chi connectivity index (χ1n) is 9.69. The van der Waals surface area contributed by atoms with Crippen molar-refractivity contribution in [2.75, 3.05) is 13.1 Å². The molecule has 0 N–H and O–H groups in total. The standard InChI is InChI=1S/C23H26N2O3S/c1-4-15-24(17-20-11-7-18(2)8-12-20)23(26)22-6-5-16-25(22)29(27,28)21-13-9-19(3)10-14-21/h1,7-14,22H,5-6,15-17H2,2-3H3/t22-/m0/s1. The Hall–Kier alpha value is -2.62. The molecule has 0 radical (unpaired) electrons. The summed E-state index contributed by atoms with van der Waals surface area (Å²) in [7, 11) is -3.74. The zero-order valence-electron chi connectivity index (χ0n) is 16.8. The molecule has 2 aromatic rings. The fraction of sp³-hybridized carbons (Fsp3) is 0.348. The topological polar surface area (TPSA) is 57.7 Å². The van der Waals surface area contributed by atoms with E-state index in [1.165, 1.54) is 4.31 Å². The molecule has 0 unspecified atom stereocenters. The van der Waals surface area contributed by atoms with Gasteiger partial charge in [-0.1, -0.05) is 53.4 Å². The first kappa shape index (κ1) is 21.1. The van der Waals surface area contributed by atoms with Crippen LogP contribution in [0.15, 0.2) is 53.4 Å². The van der Waals surface area contributed by atoms with Gasteiger partial charge < -0.3 is 4.90 Å². The number of carbonyl (C=O) groups excluding carboxylic acids is 1. The Morgan fingerprint density at radius 3 is 2.28 bits per heavy atom. The lowest BCUT2D eigenvalue weighted by atomic mass is 10.1. The number of terminal acetylenes is 1. The SMILES string of the molecule is C#CCN(Cc1ccc(C)cc1)C(=O)[C@@H]1CCCN1S(=O)(=O)c1ccc(C)cc1. The zero-order valence-corrected chi connectivity index (χ0v) is 17.7. The van der Waals surface area contributed by atoms with Crippen molar-refractivity contribution in [3.63, 3.8) is 0 Å². The molecule has 0 spiro atoms. The van der Waals surface area contributed by atoms with Gasteiger partial charge in [-0.05, 0) is 44.4 Å². The number of nitrogens with zero attached hydrogens (tertiary/aromatic N) is 2. The molecular formula is C23H26N2O3S. The van der Waals surface area contributed by atoms with Gasteiger partial charge in [0.05, 0.1) is 11.4 Å². The fourth-order valence-electron chi connectivity index (χ4n) is 3.57. The second-order valence-corrected chi connectivity index (χ2v) is 9.36. The Kier molecular flexibility index (Phi) is 6.41. The lowest BCUT2D eigenvalue weighted by Crippen LogP contribution is -2.47. The summed E-state index contributed by atoms with van der Waals surface area (Å²) in [6.45, 7) is 4.74. The van der Waals surface area contributed by atoms with Crippen molar-refractivity contribution in [3.05, 3.63) is 65.2 Å². The molecule has 3 rings (SSSR count). The number of benzene rings is 2. The number of rotatable bonds is 6. The first-order valence-corrected chi connectivity index (χ1v) is 11.1. The van der Waals surface area contributed by atoms with E-state index in [-0.39, 0.29) is 17.3 Å². The molecule has 0 aromatic heterocycles. The van der Waals surface area contributed by atoms with Crippen molar-refractivity contribution >= 4 is 15.9 Å². The van der Waals surface area contributed by atoms with E-state index in [4.69, 9.17) is 6.42 Å². The van der Waals surface area contributed by atoms with E-state index in [9.17, 15) is 13.2 Å². The molecule has 1 saturated heterocycles. The average molecular weight is 411 g/mol. The maximum Gasteiger partial charge on any atom is 0.243 e. The summed E-state index contributed by atoms with van der Waals surface area (Å²) in [5.41, 5.74) is 3.08. The largest absolute Gasteiger partial charge is 0.326 e. The van der Waals surface area contributed by atoms with E-state index in [0.29, 0.717) is 25.9 Å². The summed E-state index contributed by atoms with van der Waals surface area (Å²) in [6.07, 6.45) is 6.64. The van der Waals surface area contributed by atoms with E-state index >= 15 is 0 Å².